The van der Waals surface area contributed by atoms with Crippen LogP contribution < -0.4 is 24.4 Å². The van der Waals surface area contributed by atoms with E-state index in [4.69, 9.17) is 18.9 Å². The molecule has 1 N–H and O–H groups in total. The SMILES string of the molecule is Cc1cc(C)c(OC(=O)N(Cc2cc(F)cc3c2OCOC3)c2ccnc(Nc3ccc(OCCCN4CCN(C)CC4)c(F)c3)n2)c(C)c1. The smallest absolute Gasteiger partial charge is 0.421 e. The zero-order valence-corrected chi connectivity index (χ0v) is 28.8. The number of nitrogens with zero attached hydrogens (tertiary/aromatic N) is 5. The van der Waals surface area contributed by atoms with E-state index >= 15 is 4.39 Å². The summed E-state index contributed by atoms with van der Waals surface area (Å²) in [5, 5.41) is 3.01. The number of aryl methyl sites for hydroxylation is 3. The largest absolute Gasteiger partial charge is 0.490 e. The van der Waals surface area contributed by atoms with E-state index in [1.165, 1.54) is 35.4 Å². The van der Waals surface area contributed by atoms with Gasteiger partial charge in [-0.05, 0) is 75.7 Å². The molecule has 0 aliphatic carbocycles. The average Bonchev–Trinajstić information content (AvgIpc) is 3.08. The summed E-state index contributed by atoms with van der Waals surface area (Å²) >= 11 is 0. The van der Waals surface area contributed by atoms with Crippen molar-refractivity contribution in [3.63, 3.8) is 0 Å². The number of carbonyl (C=O) groups excluding carboxylic acids is 1. The third-order valence-electron chi connectivity index (χ3n) is 8.67. The van der Waals surface area contributed by atoms with Crippen molar-refractivity contribution in [3.05, 3.63) is 94.2 Å². The molecule has 1 aromatic heterocycles. The standard InChI is InChI=1S/C37H42F2N6O5/c1-24-16-25(2)34(26(3)17-24)50-37(46)45(21-27-18-29(38)19-28-22-47-23-49-35(27)28)33-8-9-40-36(42-33)41-30-6-7-32(31(39)20-30)48-15-5-10-44-13-11-43(4)12-14-44/h6-9,16-20H,5,10-15,21-23H2,1-4H3,(H,40,41,42). The molecular formula is C37H42F2N6O5. The molecule has 0 atom stereocenters. The zero-order valence-electron chi connectivity index (χ0n) is 28.8. The molecule has 1 amide bonds. The molecular weight excluding hydrogens is 646 g/mol. The average molecular weight is 689 g/mol. The Hall–Kier alpha value is -4.85. The summed E-state index contributed by atoms with van der Waals surface area (Å²) in [7, 11) is 2.12. The van der Waals surface area contributed by atoms with Crippen molar-refractivity contribution < 1.29 is 32.5 Å². The Morgan fingerprint density at radius 1 is 1.02 bits per heavy atom. The maximum Gasteiger partial charge on any atom is 0.421 e. The molecule has 3 heterocycles. The fourth-order valence-corrected chi connectivity index (χ4v) is 6.18. The van der Waals surface area contributed by atoms with Crippen molar-refractivity contribution in [2.45, 2.75) is 40.3 Å². The highest BCUT2D eigenvalue weighted by Crippen LogP contribution is 2.33. The number of nitrogens with one attached hydrogen (secondary N) is 1. The maximum atomic E-state index is 15.1. The van der Waals surface area contributed by atoms with Crippen molar-refractivity contribution in [3.8, 4) is 17.2 Å². The van der Waals surface area contributed by atoms with E-state index in [9.17, 15) is 9.18 Å². The Balaban J connectivity index is 1.19. The molecule has 0 saturated carbocycles. The van der Waals surface area contributed by atoms with Gasteiger partial charge in [0.2, 0.25) is 5.95 Å². The molecule has 4 aromatic rings. The van der Waals surface area contributed by atoms with E-state index in [0.717, 1.165) is 55.8 Å². The first kappa shape index (κ1) is 35.0. The van der Waals surface area contributed by atoms with Gasteiger partial charge < -0.3 is 34.1 Å². The van der Waals surface area contributed by atoms with Gasteiger partial charge in [0.25, 0.3) is 0 Å². The Labute approximate surface area is 290 Å². The molecule has 2 aliphatic rings. The lowest BCUT2D eigenvalue weighted by atomic mass is 10.1. The number of anilines is 3. The topological polar surface area (TPSA) is 102 Å². The molecule has 0 bridgehead atoms. The van der Waals surface area contributed by atoms with Crippen LogP contribution in [0.3, 0.4) is 0 Å². The number of ether oxygens (including phenoxy) is 4. The number of aromatic nitrogens is 2. The second-order valence-corrected chi connectivity index (χ2v) is 12.7. The molecule has 50 heavy (non-hydrogen) atoms. The third-order valence-corrected chi connectivity index (χ3v) is 8.67. The fraction of sp³-hybridized carbons (Fsp3) is 0.378. The number of hydrogen-bond donors (Lipinski definition) is 1. The van der Waals surface area contributed by atoms with Crippen molar-refractivity contribution in [1.29, 1.82) is 0 Å². The van der Waals surface area contributed by atoms with Crippen LogP contribution >= 0.6 is 0 Å². The molecule has 264 valence electrons. The highest BCUT2D eigenvalue weighted by Gasteiger charge is 2.26. The Bertz CT molecular complexity index is 1810. The van der Waals surface area contributed by atoms with Gasteiger partial charge in [0.15, 0.2) is 18.4 Å². The Morgan fingerprint density at radius 3 is 2.56 bits per heavy atom. The second-order valence-electron chi connectivity index (χ2n) is 12.7. The minimum Gasteiger partial charge on any atom is -0.490 e. The molecule has 1 fully saturated rings. The van der Waals surface area contributed by atoms with Crippen LogP contribution in [0.5, 0.6) is 17.2 Å². The number of halogens is 2. The van der Waals surface area contributed by atoms with E-state index in [-0.39, 0.29) is 37.5 Å². The lowest BCUT2D eigenvalue weighted by Gasteiger charge is -2.32. The van der Waals surface area contributed by atoms with Gasteiger partial charge in [-0.1, -0.05) is 17.7 Å². The zero-order chi connectivity index (χ0) is 35.2. The monoisotopic (exact) mass is 688 g/mol. The lowest BCUT2D eigenvalue weighted by molar-refractivity contribution is -0.0172. The number of rotatable bonds is 11. The summed E-state index contributed by atoms with van der Waals surface area (Å²) < 4.78 is 52.5. The second kappa shape index (κ2) is 15.8. The van der Waals surface area contributed by atoms with Gasteiger partial charge in [-0.2, -0.15) is 4.98 Å². The molecule has 6 rings (SSSR count). The van der Waals surface area contributed by atoms with Gasteiger partial charge in [0.1, 0.15) is 23.1 Å². The Kier molecular flexibility index (Phi) is 11.1. The Morgan fingerprint density at radius 2 is 1.80 bits per heavy atom. The van der Waals surface area contributed by atoms with E-state index < -0.39 is 17.7 Å². The normalized spacial score (nSPS) is 14.8. The van der Waals surface area contributed by atoms with Gasteiger partial charge in [0.05, 0.1) is 19.8 Å². The predicted octanol–water partition coefficient (Wildman–Crippen LogP) is 6.51. The molecule has 1 saturated heterocycles. The summed E-state index contributed by atoms with van der Waals surface area (Å²) in [5.74, 6) is 0.254. The lowest BCUT2D eigenvalue weighted by Crippen LogP contribution is -2.44. The van der Waals surface area contributed by atoms with Gasteiger partial charge in [-0.15, -0.1) is 0 Å². The molecule has 2 aliphatic heterocycles. The van der Waals surface area contributed by atoms with E-state index in [0.29, 0.717) is 34.9 Å². The molecule has 11 nitrogen and oxygen atoms in total. The van der Waals surface area contributed by atoms with E-state index in [1.54, 1.807) is 12.1 Å². The molecule has 0 radical (unpaired) electrons. The van der Waals surface area contributed by atoms with Crippen LogP contribution in [0.1, 0.15) is 34.2 Å². The number of hydrogen-bond acceptors (Lipinski definition) is 10. The van der Waals surface area contributed by atoms with Crippen molar-refractivity contribution in [2.24, 2.45) is 0 Å². The van der Waals surface area contributed by atoms with E-state index in [2.05, 4.69) is 32.1 Å². The van der Waals surface area contributed by atoms with Crippen LogP contribution in [0.4, 0.5) is 31.0 Å². The summed E-state index contributed by atoms with van der Waals surface area (Å²) in [5.41, 5.74) is 3.93. The first-order valence-electron chi connectivity index (χ1n) is 16.7. The molecule has 13 heteroatoms. The molecule has 3 aromatic carbocycles. The van der Waals surface area contributed by atoms with Crippen LogP contribution in [0.25, 0.3) is 0 Å². The number of benzene rings is 3. The quantitative estimate of drug-likeness (QED) is 0.176. The van der Waals surface area contributed by atoms with Gasteiger partial charge in [-0.3, -0.25) is 4.90 Å². The van der Waals surface area contributed by atoms with Crippen LogP contribution in [-0.2, 0) is 17.9 Å². The summed E-state index contributed by atoms with van der Waals surface area (Å²) in [6.45, 7) is 11.2. The van der Waals surface area contributed by atoms with Gasteiger partial charge in [0, 0.05) is 61.8 Å². The number of carbonyl (C=O) groups is 1. The fourth-order valence-electron chi connectivity index (χ4n) is 6.18. The first-order chi connectivity index (χ1) is 24.1. The summed E-state index contributed by atoms with van der Waals surface area (Å²) in [6.07, 6.45) is 1.52. The van der Waals surface area contributed by atoms with Crippen molar-refractivity contribution in [2.75, 3.05) is 63.4 Å². The van der Waals surface area contributed by atoms with Gasteiger partial charge in [-0.25, -0.2) is 18.6 Å². The van der Waals surface area contributed by atoms with Crippen LogP contribution in [-0.4, -0.2) is 79.0 Å². The van der Waals surface area contributed by atoms with E-state index in [1.807, 2.05) is 32.9 Å². The van der Waals surface area contributed by atoms with Crippen LogP contribution in [0, 0.1) is 32.4 Å². The number of likely N-dealkylation sites (N-methyl/N-ethyl adjacent to an activating group) is 1. The van der Waals surface area contributed by atoms with Crippen LogP contribution in [0.15, 0.2) is 54.7 Å². The number of fused-ring (bicyclic) bond motifs is 1. The predicted molar refractivity (Wildman–Crippen MR) is 185 cm³/mol. The minimum absolute atomic E-state index is 0.00356. The number of piperazine rings is 1. The summed E-state index contributed by atoms with van der Waals surface area (Å²) in [4.78, 5) is 28.7. The molecule has 0 spiro atoms. The van der Waals surface area contributed by atoms with Crippen LogP contribution in [0.2, 0.25) is 0 Å². The maximum absolute atomic E-state index is 15.1. The highest BCUT2D eigenvalue weighted by atomic mass is 19.1. The number of amides is 1. The highest BCUT2D eigenvalue weighted by molar-refractivity contribution is 5.88. The minimum atomic E-state index is -0.741. The van der Waals surface area contributed by atoms with Crippen molar-refractivity contribution in [1.82, 2.24) is 19.8 Å². The van der Waals surface area contributed by atoms with Gasteiger partial charge >= 0.3 is 6.09 Å². The molecule has 0 unspecified atom stereocenters. The summed E-state index contributed by atoms with van der Waals surface area (Å²) in [6, 6.07) is 12.6. The third kappa shape index (κ3) is 8.65. The van der Waals surface area contributed by atoms with Crippen molar-refractivity contribution >= 4 is 23.5 Å². The first-order valence-corrected chi connectivity index (χ1v) is 16.7.